The molecule has 1 rings (SSSR count). The minimum Gasteiger partial charge on any atom is -0.269 e. The number of hydrogen-bond acceptors (Lipinski definition) is 4. The molecule has 0 saturated carbocycles. The van der Waals surface area contributed by atoms with E-state index in [1.165, 1.54) is 0 Å². The van der Waals surface area contributed by atoms with Crippen LogP contribution in [0.1, 0.15) is 6.92 Å². The van der Waals surface area contributed by atoms with Gasteiger partial charge in [0.2, 0.25) is 0 Å². The zero-order chi connectivity index (χ0) is 11.3. The second-order valence-electron chi connectivity index (χ2n) is 3.04. The summed E-state index contributed by atoms with van der Waals surface area (Å²) in [5.41, 5.74) is 0. The molecule has 1 saturated heterocycles. The van der Waals surface area contributed by atoms with E-state index in [0.717, 1.165) is 14.1 Å². The first-order chi connectivity index (χ1) is 6.14. The molecule has 8 heteroatoms. The second kappa shape index (κ2) is 2.66. The normalized spacial score (nSPS) is 32.3. The Balaban J connectivity index is 3.40. The van der Waals surface area contributed by atoms with Gasteiger partial charge < -0.3 is 0 Å². The molecule has 3 amide bonds. The number of nitrogens with zero attached hydrogens (tertiary/aromatic N) is 2. The average Bonchev–Trinajstić information content (AvgIpc) is 2.10. The number of urea groups is 1. The number of halogens is 1. The lowest BCUT2D eigenvalue weighted by Crippen LogP contribution is -2.63. The molecule has 14 heavy (non-hydrogen) atoms. The van der Waals surface area contributed by atoms with Gasteiger partial charge in [0, 0.05) is 14.1 Å². The SMILES string of the molecule is CN1C(=O)N(C)S(=O)(=O)C(C)(F)C1=O. The molecule has 0 radical (unpaired) electrons. The Bertz CT molecular complexity index is 402. The summed E-state index contributed by atoms with van der Waals surface area (Å²) < 4.78 is 36.3. The van der Waals surface area contributed by atoms with Crippen LogP contribution in [0.25, 0.3) is 0 Å². The molecule has 0 aromatic rings. The standard InChI is InChI=1S/C6H9FN2O4S/c1-6(7)4(10)8(2)5(11)9(3)14(6,12)13/h1-3H3. The van der Waals surface area contributed by atoms with Gasteiger partial charge >= 0.3 is 11.0 Å². The first-order valence-corrected chi connectivity index (χ1v) is 5.07. The van der Waals surface area contributed by atoms with E-state index in [-0.39, 0.29) is 4.31 Å². The largest absolute Gasteiger partial charge is 0.340 e. The van der Waals surface area contributed by atoms with Crippen molar-refractivity contribution in [3.05, 3.63) is 0 Å². The maximum absolute atomic E-state index is 13.5. The molecule has 0 aromatic heterocycles. The summed E-state index contributed by atoms with van der Waals surface area (Å²) >= 11 is 0. The molecule has 6 nitrogen and oxygen atoms in total. The third-order valence-electron chi connectivity index (χ3n) is 2.09. The van der Waals surface area contributed by atoms with Gasteiger partial charge in [0.15, 0.2) is 0 Å². The summed E-state index contributed by atoms with van der Waals surface area (Å²) in [7, 11) is -2.62. The Morgan fingerprint density at radius 3 is 2.14 bits per heavy atom. The molecule has 1 unspecified atom stereocenters. The van der Waals surface area contributed by atoms with E-state index in [9.17, 15) is 22.4 Å². The zero-order valence-corrected chi connectivity index (χ0v) is 8.63. The molecule has 0 aromatic carbocycles. The fraction of sp³-hybridized carbons (Fsp3) is 0.667. The van der Waals surface area contributed by atoms with Crippen molar-refractivity contribution >= 4 is 22.0 Å². The number of hydrogen-bond donors (Lipinski definition) is 0. The lowest BCUT2D eigenvalue weighted by Gasteiger charge is -2.35. The highest BCUT2D eigenvalue weighted by Gasteiger charge is 2.58. The van der Waals surface area contributed by atoms with E-state index in [1.807, 2.05) is 0 Å². The lowest BCUT2D eigenvalue weighted by molar-refractivity contribution is -0.135. The number of rotatable bonds is 0. The minimum atomic E-state index is -4.55. The van der Waals surface area contributed by atoms with Crippen molar-refractivity contribution in [1.82, 2.24) is 9.21 Å². The summed E-state index contributed by atoms with van der Waals surface area (Å²) in [5, 5.41) is -3.08. The molecule has 1 heterocycles. The fourth-order valence-electron chi connectivity index (χ4n) is 1.07. The Morgan fingerprint density at radius 2 is 1.71 bits per heavy atom. The van der Waals surface area contributed by atoms with Crippen molar-refractivity contribution in [2.75, 3.05) is 14.1 Å². The van der Waals surface area contributed by atoms with Crippen LogP contribution < -0.4 is 0 Å². The molecule has 80 valence electrons. The Morgan fingerprint density at radius 1 is 1.29 bits per heavy atom. The van der Waals surface area contributed by atoms with Gasteiger partial charge in [0.1, 0.15) is 0 Å². The van der Waals surface area contributed by atoms with Crippen molar-refractivity contribution in [2.24, 2.45) is 0 Å². The summed E-state index contributed by atoms with van der Waals surface area (Å²) in [6.45, 7) is 0.615. The first-order valence-electron chi connectivity index (χ1n) is 3.63. The van der Waals surface area contributed by atoms with Crippen LogP contribution in [0.15, 0.2) is 0 Å². The Kier molecular flexibility index (Phi) is 2.07. The Labute approximate surface area is 80.3 Å². The highest BCUT2D eigenvalue weighted by molar-refractivity contribution is 7.91. The highest BCUT2D eigenvalue weighted by Crippen LogP contribution is 2.29. The maximum atomic E-state index is 13.5. The first kappa shape index (κ1) is 10.9. The molecule has 1 atom stereocenters. The number of carbonyl (C=O) groups excluding carboxylic acids is 2. The van der Waals surface area contributed by atoms with Crippen LogP contribution in [0.4, 0.5) is 9.18 Å². The third-order valence-corrected chi connectivity index (χ3v) is 4.11. The topological polar surface area (TPSA) is 74.8 Å². The number of sulfonamides is 1. The molecule has 1 aliphatic heterocycles. The van der Waals surface area contributed by atoms with Crippen molar-refractivity contribution in [1.29, 1.82) is 0 Å². The number of carbonyl (C=O) groups is 2. The molecular weight excluding hydrogens is 215 g/mol. The van der Waals surface area contributed by atoms with Crippen LogP contribution in [0.5, 0.6) is 0 Å². The third kappa shape index (κ3) is 1.03. The smallest absolute Gasteiger partial charge is 0.269 e. The number of imide groups is 1. The Hall–Kier alpha value is -1.18. The van der Waals surface area contributed by atoms with Gasteiger partial charge in [-0.15, -0.1) is 0 Å². The second-order valence-corrected chi connectivity index (χ2v) is 5.30. The van der Waals surface area contributed by atoms with Gasteiger partial charge in [-0.05, 0) is 6.92 Å². The van der Waals surface area contributed by atoms with Crippen LogP contribution in [0, 0.1) is 0 Å². The van der Waals surface area contributed by atoms with Gasteiger partial charge in [0.25, 0.3) is 15.9 Å². The molecule has 1 aliphatic rings. The van der Waals surface area contributed by atoms with Gasteiger partial charge in [-0.3, -0.25) is 9.69 Å². The minimum absolute atomic E-state index is 0.217. The van der Waals surface area contributed by atoms with E-state index in [1.54, 1.807) is 0 Å². The molecule has 0 spiro atoms. The van der Waals surface area contributed by atoms with E-state index < -0.39 is 27.0 Å². The summed E-state index contributed by atoms with van der Waals surface area (Å²) in [4.78, 5) is 22.7. The van der Waals surface area contributed by atoms with Gasteiger partial charge in [-0.1, -0.05) is 0 Å². The van der Waals surface area contributed by atoms with Crippen LogP contribution >= 0.6 is 0 Å². The van der Waals surface area contributed by atoms with E-state index in [0.29, 0.717) is 11.8 Å². The number of amides is 3. The van der Waals surface area contributed by atoms with Crippen LogP contribution in [0.2, 0.25) is 0 Å². The van der Waals surface area contributed by atoms with Crippen LogP contribution in [0.3, 0.4) is 0 Å². The van der Waals surface area contributed by atoms with Crippen LogP contribution in [-0.4, -0.2) is 48.7 Å². The van der Waals surface area contributed by atoms with E-state index in [4.69, 9.17) is 0 Å². The maximum Gasteiger partial charge on any atom is 0.340 e. The lowest BCUT2D eigenvalue weighted by atomic mass is 10.4. The van der Waals surface area contributed by atoms with Crippen molar-refractivity contribution in [2.45, 2.75) is 11.9 Å². The quantitative estimate of drug-likeness (QED) is 0.557. The van der Waals surface area contributed by atoms with E-state index in [2.05, 4.69) is 0 Å². The predicted molar refractivity (Wildman–Crippen MR) is 44.4 cm³/mol. The number of alkyl halides is 1. The molecule has 1 fully saturated rings. The highest BCUT2D eigenvalue weighted by atomic mass is 32.2. The molecule has 0 aliphatic carbocycles. The summed E-state index contributed by atoms with van der Waals surface area (Å²) in [5.74, 6) is -1.37. The van der Waals surface area contributed by atoms with Crippen molar-refractivity contribution < 1.29 is 22.4 Å². The van der Waals surface area contributed by atoms with Gasteiger partial charge in [0.05, 0.1) is 0 Å². The average molecular weight is 224 g/mol. The molecule has 0 N–H and O–H groups in total. The van der Waals surface area contributed by atoms with Gasteiger partial charge in [-0.2, -0.15) is 0 Å². The summed E-state index contributed by atoms with van der Waals surface area (Å²) in [6, 6.07) is -1.06. The van der Waals surface area contributed by atoms with E-state index >= 15 is 0 Å². The molecular formula is C6H9FN2O4S. The summed E-state index contributed by atoms with van der Waals surface area (Å²) in [6.07, 6.45) is 0. The zero-order valence-electron chi connectivity index (χ0n) is 7.81. The molecule has 0 bridgehead atoms. The van der Waals surface area contributed by atoms with Crippen molar-refractivity contribution in [3.8, 4) is 0 Å². The van der Waals surface area contributed by atoms with Crippen molar-refractivity contribution in [3.63, 3.8) is 0 Å². The predicted octanol–water partition coefficient (Wildman–Crippen LogP) is -0.474. The van der Waals surface area contributed by atoms with Gasteiger partial charge in [-0.25, -0.2) is 21.9 Å². The fourth-order valence-corrected chi connectivity index (χ4v) is 2.27. The monoisotopic (exact) mass is 224 g/mol. The van der Waals surface area contributed by atoms with Crippen LogP contribution in [-0.2, 0) is 14.8 Å².